The molecule has 1 unspecified atom stereocenters. The summed E-state index contributed by atoms with van der Waals surface area (Å²) < 4.78 is 14.5. The van der Waals surface area contributed by atoms with Crippen LogP contribution in [0.2, 0.25) is 5.02 Å². The van der Waals surface area contributed by atoms with Crippen molar-refractivity contribution in [3.8, 4) is 0 Å². The van der Waals surface area contributed by atoms with E-state index in [9.17, 15) is 24.6 Å². The zero-order valence-electron chi connectivity index (χ0n) is 13.3. The SMILES string of the molecule is CC(CC(=O)O)(N[S@+]([O-])C(C)(C)C)c1cccc([N+](=O)[O-])c1Cl. The Morgan fingerprint density at radius 2 is 1.96 bits per heavy atom. The predicted molar refractivity (Wildman–Crippen MR) is 88.7 cm³/mol. The van der Waals surface area contributed by atoms with Gasteiger partial charge >= 0.3 is 5.97 Å². The van der Waals surface area contributed by atoms with E-state index in [1.165, 1.54) is 25.1 Å². The van der Waals surface area contributed by atoms with Crippen molar-refractivity contribution in [2.24, 2.45) is 0 Å². The Morgan fingerprint density at radius 1 is 1.39 bits per heavy atom. The van der Waals surface area contributed by atoms with Crippen LogP contribution in [0.25, 0.3) is 0 Å². The van der Waals surface area contributed by atoms with E-state index in [0.29, 0.717) is 0 Å². The Labute approximate surface area is 142 Å². The second-order valence-corrected chi connectivity index (χ2v) is 8.63. The van der Waals surface area contributed by atoms with Crippen molar-refractivity contribution >= 4 is 34.6 Å². The van der Waals surface area contributed by atoms with Crippen LogP contribution in [0.5, 0.6) is 0 Å². The minimum Gasteiger partial charge on any atom is -0.598 e. The average molecular weight is 363 g/mol. The summed E-state index contributed by atoms with van der Waals surface area (Å²) in [4.78, 5) is 21.6. The summed E-state index contributed by atoms with van der Waals surface area (Å²) in [6.45, 7) is 6.70. The molecule has 2 atom stereocenters. The summed E-state index contributed by atoms with van der Waals surface area (Å²) in [6, 6.07) is 4.14. The van der Waals surface area contributed by atoms with Crippen LogP contribution >= 0.6 is 11.6 Å². The summed E-state index contributed by atoms with van der Waals surface area (Å²) in [7, 11) is 0. The van der Waals surface area contributed by atoms with Gasteiger partial charge in [-0.25, -0.2) is 0 Å². The van der Waals surface area contributed by atoms with Crippen LogP contribution in [-0.4, -0.2) is 25.3 Å². The lowest BCUT2D eigenvalue weighted by atomic mass is 9.89. The van der Waals surface area contributed by atoms with E-state index < -0.39 is 39.0 Å². The highest BCUT2D eigenvalue weighted by Gasteiger charge is 2.41. The van der Waals surface area contributed by atoms with Gasteiger partial charge in [-0.1, -0.05) is 23.7 Å². The number of halogens is 1. The van der Waals surface area contributed by atoms with E-state index in [1.54, 1.807) is 20.8 Å². The summed E-state index contributed by atoms with van der Waals surface area (Å²) in [5, 5.41) is 20.0. The molecule has 9 heteroatoms. The summed E-state index contributed by atoms with van der Waals surface area (Å²) in [5.41, 5.74) is -1.44. The quantitative estimate of drug-likeness (QED) is 0.456. The minimum absolute atomic E-state index is 0.167. The number of rotatable bonds is 6. The van der Waals surface area contributed by atoms with Gasteiger partial charge in [-0.05, 0) is 27.7 Å². The molecule has 0 radical (unpaired) electrons. The number of aliphatic carboxylic acids is 1. The largest absolute Gasteiger partial charge is 0.598 e. The molecule has 23 heavy (non-hydrogen) atoms. The highest BCUT2D eigenvalue weighted by molar-refractivity contribution is 7.90. The van der Waals surface area contributed by atoms with Gasteiger partial charge in [0, 0.05) is 23.0 Å². The second kappa shape index (κ2) is 7.04. The number of nitro groups is 1. The molecule has 0 aliphatic rings. The van der Waals surface area contributed by atoms with Crippen LogP contribution < -0.4 is 4.72 Å². The van der Waals surface area contributed by atoms with Gasteiger partial charge in [-0.15, -0.1) is 4.72 Å². The average Bonchev–Trinajstić information content (AvgIpc) is 2.35. The molecule has 0 amide bonds. The first-order chi connectivity index (χ1) is 10.4. The van der Waals surface area contributed by atoms with Crippen LogP contribution in [0.1, 0.15) is 39.7 Å². The van der Waals surface area contributed by atoms with E-state index in [2.05, 4.69) is 4.72 Å². The molecular weight excluding hydrogens is 344 g/mol. The van der Waals surface area contributed by atoms with Crippen molar-refractivity contribution in [3.05, 3.63) is 38.9 Å². The van der Waals surface area contributed by atoms with Gasteiger partial charge in [0.2, 0.25) is 0 Å². The smallest absolute Gasteiger partial charge is 0.305 e. The van der Waals surface area contributed by atoms with Gasteiger partial charge in [0.1, 0.15) is 9.77 Å². The molecule has 0 fully saturated rings. The Morgan fingerprint density at radius 3 is 2.39 bits per heavy atom. The number of hydrogen-bond acceptors (Lipinski definition) is 5. The van der Waals surface area contributed by atoms with Crippen molar-refractivity contribution in [2.75, 3.05) is 0 Å². The van der Waals surface area contributed by atoms with Crippen LogP contribution in [0.4, 0.5) is 5.69 Å². The standard InChI is InChI=1S/C14H19ClN2O5S/c1-13(2,3)23(22)16-14(4,8-11(18)19)9-6-5-7-10(12(9)15)17(20)21/h5-7,16H,8H2,1-4H3,(H,18,19)/t14?,23-/m1/s1. The molecule has 7 nitrogen and oxygen atoms in total. The normalized spacial score (nSPS) is 15.7. The monoisotopic (exact) mass is 362 g/mol. The van der Waals surface area contributed by atoms with Crippen molar-refractivity contribution in [1.29, 1.82) is 0 Å². The maximum Gasteiger partial charge on any atom is 0.305 e. The van der Waals surface area contributed by atoms with E-state index in [4.69, 9.17) is 11.6 Å². The fraction of sp³-hybridized carbons (Fsp3) is 0.500. The van der Waals surface area contributed by atoms with Crippen molar-refractivity contribution in [1.82, 2.24) is 4.72 Å². The van der Waals surface area contributed by atoms with E-state index >= 15 is 0 Å². The summed E-state index contributed by atoms with van der Waals surface area (Å²) in [5.74, 6) is -1.14. The molecule has 0 aromatic heterocycles. The zero-order chi connectivity index (χ0) is 18.0. The lowest BCUT2D eigenvalue weighted by molar-refractivity contribution is -0.384. The first-order valence-corrected chi connectivity index (χ1v) is 8.26. The number of carbonyl (C=O) groups is 1. The zero-order valence-corrected chi connectivity index (χ0v) is 14.8. The van der Waals surface area contributed by atoms with E-state index in [-0.39, 0.29) is 16.3 Å². The van der Waals surface area contributed by atoms with Crippen LogP contribution in [0, 0.1) is 10.1 Å². The van der Waals surface area contributed by atoms with E-state index in [0.717, 1.165) is 0 Å². The molecule has 2 N–H and O–H groups in total. The number of nitrogens with zero attached hydrogens (tertiary/aromatic N) is 1. The van der Waals surface area contributed by atoms with Crippen molar-refractivity contribution in [2.45, 2.75) is 44.4 Å². The Balaban J connectivity index is 3.39. The predicted octanol–water partition coefficient (Wildman–Crippen LogP) is 2.99. The molecule has 1 aromatic carbocycles. The third-order valence-electron chi connectivity index (χ3n) is 3.15. The third-order valence-corrected chi connectivity index (χ3v) is 5.29. The molecule has 1 rings (SSSR count). The molecule has 0 bridgehead atoms. The van der Waals surface area contributed by atoms with Gasteiger partial charge in [-0.3, -0.25) is 14.9 Å². The van der Waals surface area contributed by atoms with Crippen LogP contribution in [-0.2, 0) is 21.7 Å². The Kier molecular flexibility index (Phi) is 6.03. The number of benzene rings is 1. The molecule has 1 aromatic rings. The fourth-order valence-corrected chi connectivity index (χ4v) is 3.23. The Bertz CT molecular complexity index is 620. The molecule has 0 aliphatic heterocycles. The molecule has 0 saturated carbocycles. The highest BCUT2D eigenvalue weighted by atomic mass is 35.5. The molecule has 128 valence electrons. The molecule has 0 spiro atoms. The number of carboxylic acid groups (broad SMARTS) is 1. The van der Waals surface area contributed by atoms with Gasteiger partial charge in [-0.2, -0.15) is 0 Å². The maximum absolute atomic E-state index is 12.4. The number of carboxylic acids is 1. The van der Waals surface area contributed by atoms with Crippen molar-refractivity contribution < 1.29 is 19.4 Å². The Hall–Kier alpha value is -1.35. The summed E-state index contributed by atoms with van der Waals surface area (Å²) >= 11 is 4.50. The van der Waals surface area contributed by atoms with Gasteiger partial charge in [0.25, 0.3) is 5.69 Å². The van der Waals surface area contributed by atoms with Gasteiger partial charge in [0.05, 0.1) is 16.9 Å². The molecule has 0 heterocycles. The molecule has 0 aliphatic carbocycles. The lowest BCUT2D eigenvalue weighted by Gasteiger charge is -2.34. The number of hydrogen-bond donors (Lipinski definition) is 2. The first kappa shape index (κ1) is 19.7. The topological polar surface area (TPSA) is 116 Å². The van der Waals surface area contributed by atoms with Crippen molar-refractivity contribution in [3.63, 3.8) is 0 Å². The van der Waals surface area contributed by atoms with E-state index in [1.807, 2.05) is 0 Å². The van der Waals surface area contributed by atoms with Gasteiger partial charge in [0.15, 0.2) is 0 Å². The number of nitrogens with one attached hydrogen (secondary N) is 1. The molecule has 0 saturated heterocycles. The fourth-order valence-electron chi connectivity index (χ4n) is 1.93. The van der Waals surface area contributed by atoms with Gasteiger partial charge < -0.3 is 9.66 Å². The lowest BCUT2D eigenvalue weighted by Crippen LogP contribution is -2.51. The summed E-state index contributed by atoms with van der Waals surface area (Å²) in [6.07, 6.45) is -0.435. The number of nitro benzene ring substituents is 1. The minimum atomic E-state index is -1.59. The third kappa shape index (κ3) is 4.81. The second-order valence-electron chi connectivity index (χ2n) is 6.28. The van der Waals surface area contributed by atoms with Crippen LogP contribution in [0.3, 0.4) is 0 Å². The van der Waals surface area contributed by atoms with Crippen LogP contribution in [0.15, 0.2) is 18.2 Å². The highest BCUT2D eigenvalue weighted by Crippen LogP contribution is 2.37. The maximum atomic E-state index is 12.4. The molecular formula is C14H19ClN2O5S. The first-order valence-electron chi connectivity index (χ1n) is 6.73.